The highest BCUT2D eigenvalue weighted by Gasteiger charge is 2.09. The number of aromatic nitrogens is 1. The second kappa shape index (κ2) is 5.18. The maximum absolute atomic E-state index is 7.48. The van der Waals surface area contributed by atoms with E-state index in [0.717, 1.165) is 10.0 Å². The van der Waals surface area contributed by atoms with Crippen LogP contribution in [0, 0.1) is 12.3 Å². The summed E-state index contributed by atoms with van der Waals surface area (Å²) >= 11 is 3.39. The summed E-state index contributed by atoms with van der Waals surface area (Å²) in [5.74, 6) is 0.975. The Kier molecular flexibility index (Phi) is 3.62. The fourth-order valence-corrected chi connectivity index (χ4v) is 1.98. The Labute approximate surface area is 113 Å². The van der Waals surface area contributed by atoms with Crippen molar-refractivity contribution >= 4 is 21.8 Å². The van der Waals surface area contributed by atoms with E-state index < -0.39 is 0 Å². The van der Waals surface area contributed by atoms with Crippen molar-refractivity contribution in [3.8, 4) is 11.6 Å². The van der Waals surface area contributed by atoms with Gasteiger partial charge in [-0.2, -0.15) is 0 Å². The molecule has 0 atom stereocenters. The Balaban J connectivity index is 2.37. The van der Waals surface area contributed by atoms with Crippen molar-refractivity contribution in [3.05, 3.63) is 52.1 Å². The minimum atomic E-state index is -0.0622. The molecule has 1 heterocycles. The van der Waals surface area contributed by atoms with Crippen molar-refractivity contribution in [1.82, 2.24) is 4.98 Å². The van der Waals surface area contributed by atoms with Crippen LogP contribution >= 0.6 is 15.9 Å². The van der Waals surface area contributed by atoms with Crippen molar-refractivity contribution in [1.29, 1.82) is 5.41 Å². The summed E-state index contributed by atoms with van der Waals surface area (Å²) in [6.45, 7) is 1.94. The van der Waals surface area contributed by atoms with Crippen LogP contribution < -0.4 is 10.5 Å². The van der Waals surface area contributed by atoms with Gasteiger partial charge in [-0.15, -0.1) is 0 Å². The zero-order valence-electron chi connectivity index (χ0n) is 9.77. The average Bonchev–Trinajstić information content (AvgIpc) is 2.33. The normalized spacial score (nSPS) is 10.1. The van der Waals surface area contributed by atoms with E-state index in [0.29, 0.717) is 17.2 Å². The third-order valence-electron chi connectivity index (χ3n) is 2.40. The molecule has 0 aliphatic heterocycles. The van der Waals surface area contributed by atoms with Gasteiger partial charge in [0.2, 0.25) is 5.88 Å². The van der Waals surface area contributed by atoms with Gasteiger partial charge in [0.1, 0.15) is 11.6 Å². The van der Waals surface area contributed by atoms with Gasteiger partial charge in [-0.3, -0.25) is 5.41 Å². The minimum absolute atomic E-state index is 0.0622. The Hall–Kier alpha value is -1.88. The first kappa shape index (κ1) is 12.6. The molecule has 18 heavy (non-hydrogen) atoms. The second-order valence-electron chi connectivity index (χ2n) is 3.78. The van der Waals surface area contributed by atoms with Crippen LogP contribution in [0.15, 0.2) is 41.0 Å². The van der Waals surface area contributed by atoms with Crippen LogP contribution in [0.5, 0.6) is 11.6 Å². The number of amidine groups is 1. The second-order valence-corrected chi connectivity index (χ2v) is 4.70. The van der Waals surface area contributed by atoms with E-state index in [9.17, 15) is 0 Å². The standard InChI is InChI=1S/C13H12BrN3O/c1-8-7-9(14)4-5-11(8)18-13-10(12(15)16)3-2-6-17-13/h2-7H,1H3,(H3,15,16). The summed E-state index contributed by atoms with van der Waals surface area (Å²) in [7, 11) is 0. The van der Waals surface area contributed by atoms with Crippen LogP contribution in [-0.4, -0.2) is 10.8 Å². The number of benzene rings is 1. The molecular formula is C13H12BrN3O. The molecule has 0 saturated heterocycles. The van der Waals surface area contributed by atoms with E-state index in [2.05, 4.69) is 20.9 Å². The number of nitrogens with two attached hydrogens (primary N) is 1. The van der Waals surface area contributed by atoms with E-state index >= 15 is 0 Å². The average molecular weight is 306 g/mol. The van der Waals surface area contributed by atoms with Crippen LogP contribution in [0.25, 0.3) is 0 Å². The molecule has 0 bridgehead atoms. The maximum Gasteiger partial charge on any atom is 0.230 e. The van der Waals surface area contributed by atoms with Crippen LogP contribution in [0.1, 0.15) is 11.1 Å². The number of ether oxygens (including phenoxy) is 1. The van der Waals surface area contributed by atoms with Crippen molar-refractivity contribution in [2.24, 2.45) is 5.73 Å². The fourth-order valence-electron chi connectivity index (χ4n) is 1.51. The first-order valence-electron chi connectivity index (χ1n) is 5.31. The highest BCUT2D eigenvalue weighted by atomic mass is 79.9. The van der Waals surface area contributed by atoms with Gasteiger partial charge in [0.15, 0.2) is 0 Å². The molecular weight excluding hydrogens is 294 g/mol. The number of rotatable bonds is 3. The number of nitrogen functional groups attached to an aromatic ring is 1. The molecule has 0 aliphatic carbocycles. The van der Waals surface area contributed by atoms with Crippen LogP contribution in [-0.2, 0) is 0 Å². The van der Waals surface area contributed by atoms with Gasteiger partial charge in [0, 0.05) is 10.7 Å². The predicted molar refractivity (Wildman–Crippen MR) is 74.2 cm³/mol. The number of pyridine rings is 1. The van der Waals surface area contributed by atoms with Gasteiger partial charge in [-0.1, -0.05) is 15.9 Å². The molecule has 0 fully saturated rings. The molecule has 0 aliphatic rings. The highest BCUT2D eigenvalue weighted by Crippen LogP contribution is 2.27. The van der Waals surface area contributed by atoms with Crippen molar-refractivity contribution in [3.63, 3.8) is 0 Å². The Bertz CT molecular complexity index is 599. The van der Waals surface area contributed by atoms with Crippen LogP contribution in [0.2, 0.25) is 0 Å². The molecule has 2 aromatic rings. The summed E-state index contributed by atoms with van der Waals surface area (Å²) < 4.78 is 6.69. The molecule has 4 nitrogen and oxygen atoms in total. The number of hydrogen-bond acceptors (Lipinski definition) is 3. The Morgan fingerprint density at radius 1 is 1.39 bits per heavy atom. The van der Waals surface area contributed by atoms with Gasteiger partial charge >= 0.3 is 0 Å². The summed E-state index contributed by atoms with van der Waals surface area (Å²) in [5.41, 5.74) is 6.95. The van der Waals surface area contributed by atoms with Crippen LogP contribution in [0.3, 0.4) is 0 Å². The van der Waals surface area contributed by atoms with Gasteiger partial charge < -0.3 is 10.5 Å². The Morgan fingerprint density at radius 3 is 2.83 bits per heavy atom. The van der Waals surface area contributed by atoms with Crippen molar-refractivity contribution in [2.45, 2.75) is 6.92 Å². The number of nitrogens with one attached hydrogen (secondary N) is 1. The minimum Gasteiger partial charge on any atom is -0.438 e. The molecule has 3 N–H and O–H groups in total. The highest BCUT2D eigenvalue weighted by molar-refractivity contribution is 9.10. The first-order valence-corrected chi connectivity index (χ1v) is 6.10. The van der Waals surface area contributed by atoms with Gasteiger partial charge in [0.25, 0.3) is 0 Å². The zero-order valence-corrected chi connectivity index (χ0v) is 11.4. The third-order valence-corrected chi connectivity index (χ3v) is 2.90. The molecule has 2 rings (SSSR count). The maximum atomic E-state index is 7.48. The molecule has 5 heteroatoms. The van der Waals surface area contributed by atoms with Gasteiger partial charge in [-0.25, -0.2) is 4.98 Å². The monoisotopic (exact) mass is 305 g/mol. The SMILES string of the molecule is Cc1cc(Br)ccc1Oc1ncccc1C(=N)N. The summed E-state index contributed by atoms with van der Waals surface area (Å²) in [6.07, 6.45) is 1.61. The van der Waals surface area contributed by atoms with Gasteiger partial charge in [0.05, 0.1) is 5.56 Å². The predicted octanol–water partition coefficient (Wildman–Crippen LogP) is 3.23. The zero-order chi connectivity index (χ0) is 13.1. The van der Waals surface area contributed by atoms with E-state index in [1.807, 2.05) is 25.1 Å². The lowest BCUT2D eigenvalue weighted by atomic mass is 10.2. The lowest BCUT2D eigenvalue weighted by Crippen LogP contribution is -2.13. The third kappa shape index (κ3) is 2.68. The number of aryl methyl sites for hydroxylation is 1. The van der Waals surface area contributed by atoms with E-state index in [1.165, 1.54) is 0 Å². The molecule has 0 unspecified atom stereocenters. The summed E-state index contributed by atoms with van der Waals surface area (Å²) in [4.78, 5) is 4.10. The molecule has 0 saturated carbocycles. The Morgan fingerprint density at radius 2 is 2.17 bits per heavy atom. The lowest BCUT2D eigenvalue weighted by Gasteiger charge is -2.10. The number of nitrogens with zero attached hydrogens (tertiary/aromatic N) is 1. The van der Waals surface area contributed by atoms with E-state index in [-0.39, 0.29) is 5.84 Å². The van der Waals surface area contributed by atoms with Crippen molar-refractivity contribution in [2.75, 3.05) is 0 Å². The van der Waals surface area contributed by atoms with E-state index in [4.69, 9.17) is 15.9 Å². The summed E-state index contributed by atoms with van der Waals surface area (Å²) in [5, 5.41) is 7.48. The van der Waals surface area contributed by atoms with Crippen molar-refractivity contribution < 1.29 is 4.74 Å². The smallest absolute Gasteiger partial charge is 0.230 e. The molecule has 0 amide bonds. The van der Waals surface area contributed by atoms with Gasteiger partial charge in [-0.05, 0) is 42.8 Å². The molecule has 0 spiro atoms. The largest absolute Gasteiger partial charge is 0.438 e. The lowest BCUT2D eigenvalue weighted by molar-refractivity contribution is 0.458. The molecule has 1 aromatic carbocycles. The topological polar surface area (TPSA) is 72.0 Å². The number of hydrogen-bond donors (Lipinski definition) is 2. The quantitative estimate of drug-likeness (QED) is 0.675. The fraction of sp³-hybridized carbons (Fsp3) is 0.0769. The molecule has 1 aromatic heterocycles. The first-order chi connectivity index (χ1) is 8.58. The molecule has 92 valence electrons. The molecule has 0 radical (unpaired) electrons. The van der Waals surface area contributed by atoms with Crippen LogP contribution in [0.4, 0.5) is 0 Å². The van der Waals surface area contributed by atoms with E-state index in [1.54, 1.807) is 18.3 Å². The number of halogens is 1. The summed E-state index contributed by atoms with van der Waals surface area (Å²) in [6, 6.07) is 9.11.